The third-order valence-electron chi connectivity index (χ3n) is 2.01. The number of rotatable bonds is 2. The van der Waals surface area contributed by atoms with Gasteiger partial charge in [0.15, 0.2) is 0 Å². The van der Waals surface area contributed by atoms with Gasteiger partial charge in [0.1, 0.15) is 11.6 Å². The SMILES string of the molecule is CCNc1ccc2cc(F)ccc2n1. The second kappa shape index (κ2) is 3.62. The Balaban J connectivity index is 2.50. The maximum Gasteiger partial charge on any atom is 0.126 e. The Kier molecular flexibility index (Phi) is 2.31. The number of nitrogens with one attached hydrogen (secondary N) is 1. The Morgan fingerprint density at radius 2 is 2.14 bits per heavy atom. The van der Waals surface area contributed by atoms with E-state index in [9.17, 15) is 4.39 Å². The van der Waals surface area contributed by atoms with Crippen molar-refractivity contribution in [2.45, 2.75) is 6.92 Å². The zero-order valence-corrected chi connectivity index (χ0v) is 7.92. The molecule has 2 rings (SSSR count). The van der Waals surface area contributed by atoms with Gasteiger partial charge in [-0.25, -0.2) is 9.37 Å². The van der Waals surface area contributed by atoms with Crippen LogP contribution in [0.15, 0.2) is 30.3 Å². The smallest absolute Gasteiger partial charge is 0.126 e. The number of pyridine rings is 1. The van der Waals surface area contributed by atoms with Crippen LogP contribution in [-0.4, -0.2) is 11.5 Å². The minimum atomic E-state index is -0.226. The number of hydrogen-bond donors (Lipinski definition) is 1. The lowest BCUT2D eigenvalue weighted by Crippen LogP contribution is -1.98. The largest absolute Gasteiger partial charge is 0.370 e. The van der Waals surface area contributed by atoms with Gasteiger partial charge >= 0.3 is 0 Å². The van der Waals surface area contributed by atoms with Gasteiger partial charge in [-0.3, -0.25) is 0 Å². The second-order valence-electron chi connectivity index (χ2n) is 3.06. The fraction of sp³-hybridized carbons (Fsp3) is 0.182. The summed E-state index contributed by atoms with van der Waals surface area (Å²) in [6.07, 6.45) is 0. The van der Waals surface area contributed by atoms with Gasteiger partial charge in [0.05, 0.1) is 5.52 Å². The van der Waals surface area contributed by atoms with Crippen molar-refractivity contribution in [3.05, 3.63) is 36.1 Å². The molecule has 0 spiro atoms. The number of halogens is 1. The van der Waals surface area contributed by atoms with Gasteiger partial charge < -0.3 is 5.32 Å². The lowest BCUT2D eigenvalue weighted by molar-refractivity contribution is 0.629. The van der Waals surface area contributed by atoms with Gasteiger partial charge in [0, 0.05) is 11.9 Å². The molecule has 0 radical (unpaired) electrons. The summed E-state index contributed by atoms with van der Waals surface area (Å²) in [6, 6.07) is 8.31. The third kappa shape index (κ3) is 1.66. The zero-order chi connectivity index (χ0) is 9.97. The molecule has 1 heterocycles. The van der Waals surface area contributed by atoms with Gasteiger partial charge in [0.25, 0.3) is 0 Å². The number of hydrogen-bond acceptors (Lipinski definition) is 2. The first-order valence-electron chi connectivity index (χ1n) is 4.60. The quantitative estimate of drug-likeness (QED) is 0.787. The van der Waals surface area contributed by atoms with Gasteiger partial charge in [0.2, 0.25) is 0 Å². The Morgan fingerprint density at radius 1 is 1.29 bits per heavy atom. The molecule has 1 aromatic carbocycles. The van der Waals surface area contributed by atoms with E-state index in [4.69, 9.17) is 0 Å². The predicted molar refractivity (Wildman–Crippen MR) is 55.9 cm³/mol. The van der Waals surface area contributed by atoms with Crippen molar-refractivity contribution in [2.75, 3.05) is 11.9 Å². The van der Waals surface area contributed by atoms with Gasteiger partial charge in [-0.15, -0.1) is 0 Å². The Hall–Kier alpha value is -1.64. The molecule has 2 aromatic rings. The summed E-state index contributed by atoms with van der Waals surface area (Å²) in [5.41, 5.74) is 0.810. The van der Waals surface area contributed by atoms with Crippen LogP contribution >= 0.6 is 0 Å². The van der Waals surface area contributed by atoms with Crippen LogP contribution in [0.1, 0.15) is 6.92 Å². The van der Waals surface area contributed by atoms with Crippen molar-refractivity contribution >= 4 is 16.7 Å². The van der Waals surface area contributed by atoms with Crippen molar-refractivity contribution in [1.29, 1.82) is 0 Å². The number of anilines is 1. The highest BCUT2D eigenvalue weighted by Crippen LogP contribution is 2.15. The van der Waals surface area contributed by atoms with Gasteiger partial charge in [-0.1, -0.05) is 0 Å². The van der Waals surface area contributed by atoms with E-state index in [0.717, 1.165) is 23.3 Å². The molecule has 14 heavy (non-hydrogen) atoms. The van der Waals surface area contributed by atoms with Crippen LogP contribution in [0, 0.1) is 5.82 Å². The average molecular weight is 190 g/mol. The van der Waals surface area contributed by atoms with Gasteiger partial charge in [-0.2, -0.15) is 0 Å². The highest BCUT2D eigenvalue weighted by atomic mass is 19.1. The molecule has 0 amide bonds. The molecule has 0 saturated heterocycles. The lowest BCUT2D eigenvalue weighted by atomic mass is 10.2. The van der Waals surface area contributed by atoms with Crippen LogP contribution < -0.4 is 5.32 Å². The molecule has 0 atom stereocenters. The van der Waals surface area contributed by atoms with Crippen molar-refractivity contribution in [3.63, 3.8) is 0 Å². The normalized spacial score (nSPS) is 10.4. The highest BCUT2D eigenvalue weighted by molar-refractivity contribution is 5.80. The van der Waals surface area contributed by atoms with E-state index in [2.05, 4.69) is 10.3 Å². The van der Waals surface area contributed by atoms with Crippen LogP contribution in [0.4, 0.5) is 10.2 Å². The topological polar surface area (TPSA) is 24.9 Å². The Bertz CT molecular complexity index is 454. The maximum atomic E-state index is 12.8. The van der Waals surface area contributed by atoms with Crippen LogP contribution in [-0.2, 0) is 0 Å². The molecule has 2 nitrogen and oxygen atoms in total. The fourth-order valence-corrected chi connectivity index (χ4v) is 1.38. The first kappa shape index (κ1) is 8.94. The molecule has 0 aliphatic heterocycles. The molecule has 1 N–H and O–H groups in total. The van der Waals surface area contributed by atoms with Crippen molar-refractivity contribution in [3.8, 4) is 0 Å². The fourth-order valence-electron chi connectivity index (χ4n) is 1.38. The lowest BCUT2D eigenvalue weighted by Gasteiger charge is -2.03. The van der Waals surface area contributed by atoms with E-state index in [0.29, 0.717) is 0 Å². The standard InChI is InChI=1S/C11H11FN2/c1-2-13-11-6-3-8-7-9(12)4-5-10(8)14-11/h3-7H,2H2,1H3,(H,13,14). The first-order valence-corrected chi connectivity index (χ1v) is 4.60. The minimum absolute atomic E-state index is 0.226. The average Bonchev–Trinajstić information content (AvgIpc) is 2.19. The molecule has 0 unspecified atom stereocenters. The van der Waals surface area contributed by atoms with Gasteiger partial charge in [-0.05, 0) is 37.3 Å². The van der Waals surface area contributed by atoms with E-state index in [-0.39, 0.29) is 5.82 Å². The Labute approximate surface area is 81.8 Å². The first-order chi connectivity index (χ1) is 6.79. The summed E-state index contributed by atoms with van der Waals surface area (Å²) in [6.45, 7) is 2.84. The second-order valence-corrected chi connectivity index (χ2v) is 3.06. The van der Waals surface area contributed by atoms with E-state index in [1.165, 1.54) is 12.1 Å². The van der Waals surface area contributed by atoms with Crippen molar-refractivity contribution in [2.24, 2.45) is 0 Å². The number of benzene rings is 1. The molecule has 1 aromatic heterocycles. The summed E-state index contributed by atoms with van der Waals surface area (Å²) in [5, 5.41) is 3.94. The summed E-state index contributed by atoms with van der Waals surface area (Å²) < 4.78 is 12.8. The summed E-state index contributed by atoms with van der Waals surface area (Å²) >= 11 is 0. The van der Waals surface area contributed by atoms with Crippen molar-refractivity contribution in [1.82, 2.24) is 4.98 Å². The van der Waals surface area contributed by atoms with E-state index >= 15 is 0 Å². The van der Waals surface area contributed by atoms with Crippen LogP contribution in [0.5, 0.6) is 0 Å². The number of fused-ring (bicyclic) bond motifs is 1. The molecule has 0 aliphatic rings. The molecule has 0 saturated carbocycles. The predicted octanol–water partition coefficient (Wildman–Crippen LogP) is 2.81. The number of aromatic nitrogens is 1. The summed E-state index contributed by atoms with van der Waals surface area (Å²) in [5.74, 6) is 0.599. The maximum absolute atomic E-state index is 12.8. The monoisotopic (exact) mass is 190 g/mol. The Morgan fingerprint density at radius 3 is 2.93 bits per heavy atom. The molecule has 72 valence electrons. The van der Waals surface area contributed by atoms with Crippen molar-refractivity contribution < 1.29 is 4.39 Å². The number of nitrogens with zero attached hydrogens (tertiary/aromatic N) is 1. The highest BCUT2D eigenvalue weighted by Gasteiger charge is 1.98. The molecular weight excluding hydrogens is 179 g/mol. The minimum Gasteiger partial charge on any atom is -0.370 e. The van der Waals surface area contributed by atoms with E-state index in [1.54, 1.807) is 6.07 Å². The molecule has 3 heteroatoms. The van der Waals surface area contributed by atoms with Crippen LogP contribution in [0.2, 0.25) is 0 Å². The van der Waals surface area contributed by atoms with Crippen LogP contribution in [0.25, 0.3) is 10.9 Å². The molecule has 0 aliphatic carbocycles. The summed E-state index contributed by atoms with van der Waals surface area (Å²) in [4.78, 5) is 4.33. The molecule has 0 bridgehead atoms. The van der Waals surface area contributed by atoms with E-state index < -0.39 is 0 Å². The third-order valence-corrected chi connectivity index (χ3v) is 2.01. The van der Waals surface area contributed by atoms with Crippen LogP contribution in [0.3, 0.4) is 0 Å². The zero-order valence-electron chi connectivity index (χ0n) is 7.92. The molecular formula is C11H11FN2. The summed E-state index contributed by atoms with van der Waals surface area (Å²) in [7, 11) is 0. The van der Waals surface area contributed by atoms with E-state index in [1.807, 2.05) is 19.1 Å². The molecule has 0 fully saturated rings.